The van der Waals surface area contributed by atoms with Crippen LogP contribution in [0.5, 0.6) is 0 Å². The van der Waals surface area contributed by atoms with Crippen molar-refractivity contribution in [1.82, 2.24) is 14.3 Å². The van der Waals surface area contributed by atoms with Gasteiger partial charge in [0.25, 0.3) is 0 Å². The maximum absolute atomic E-state index is 11.4. The molecule has 2 heterocycles. The summed E-state index contributed by atoms with van der Waals surface area (Å²) in [4.78, 5) is 10.4. The quantitative estimate of drug-likeness (QED) is 0.759. The second kappa shape index (κ2) is 5.17. The van der Waals surface area contributed by atoms with Gasteiger partial charge in [-0.1, -0.05) is 0 Å². The van der Waals surface area contributed by atoms with Crippen molar-refractivity contribution in [2.24, 2.45) is 5.73 Å². The van der Waals surface area contributed by atoms with E-state index < -0.39 is 10.0 Å². The molecule has 1 aromatic heterocycles. The molecule has 0 aromatic carbocycles. The summed E-state index contributed by atoms with van der Waals surface area (Å²) in [6.45, 7) is 2.58. The molecule has 0 spiro atoms. The number of nitrogens with zero attached hydrogens (tertiary/aromatic N) is 4. The van der Waals surface area contributed by atoms with Crippen LogP contribution in [0.1, 0.15) is 5.56 Å². The summed E-state index contributed by atoms with van der Waals surface area (Å²) < 4.78 is 24.2. The van der Waals surface area contributed by atoms with Crippen molar-refractivity contribution in [1.29, 1.82) is 0 Å². The summed E-state index contributed by atoms with van der Waals surface area (Å²) in [7, 11) is -3.09. The Bertz CT molecular complexity index is 494. The van der Waals surface area contributed by atoms with Crippen molar-refractivity contribution in [2.45, 2.75) is 6.54 Å². The molecule has 1 saturated heterocycles. The van der Waals surface area contributed by atoms with Crippen LogP contribution in [-0.4, -0.2) is 55.1 Å². The predicted octanol–water partition coefficient (Wildman–Crippen LogP) is -0.983. The number of piperazine rings is 1. The van der Waals surface area contributed by atoms with Crippen LogP contribution in [-0.2, 0) is 16.6 Å². The van der Waals surface area contributed by atoms with Gasteiger partial charge in [-0.05, 0) is 0 Å². The molecule has 100 valence electrons. The normalized spacial score (nSPS) is 18.0. The topological polar surface area (TPSA) is 92.4 Å². The van der Waals surface area contributed by atoms with Crippen LogP contribution in [0.3, 0.4) is 0 Å². The zero-order valence-electron chi connectivity index (χ0n) is 10.3. The molecule has 0 aliphatic carbocycles. The van der Waals surface area contributed by atoms with Gasteiger partial charge in [-0.2, -0.15) is 4.31 Å². The van der Waals surface area contributed by atoms with Crippen molar-refractivity contribution in [3.63, 3.8) is 0 Å². The lowest BCUT2D eigenvalue weighted by atomic mass is 10.3. The summed E-state index contributed by atoms with van der Waals surface area (Å²) in [6, 6.07) is 0. The fourth-order valence-corrected chi connectivity index (χ4v) is 2.66. The van der Waals surface area contributed by atoms with E-state index in [0.717, 1.165) is 5.56 Å². The Morgan fingerprint density at radius 3 is 2.22 bits per heavy atom. The number of anilines is 1. The fraction of sp³-hybridized carbons (Fsp3) is 0.600. The molecular weight excluding hydrogens is 254 g/mol. The van der Waals surface area contributed by atoms with E-state index in [4.69, 9.17) is 5.73 Å². The molecule has 18 heavy (non-hydrogen) atoms. The van der Waals surface area contributed by atoms with Crippen LogP contribution >= 0.6 is 0 Å². The Balaban J connectivity index is 2.01. The minimum atomic E-state index is -3.09. The summed E-state index contributed by atoms with van der Waals surface area (Å²) in [6.07, 6.45) is 4.63. The third-order valence-corrected chi connectivity index (χ3v) is 4.22. The molecule has 2 N–H and O–H groups in total. The molecule has 0 bridgehead atoms. The zero-order valence-corrected chi connectivity index (χ0v) is 11.1. The first-order valence-electron chi connectivity index (χ1n) is 5.72. The molecule has 1 fully saturated rings. The number of sulfonamides is 1. The van der Waals surface area contributed by atoms with Gasteiger partial charge in [0.05, 0.1) is 6.26 Å². The van der Waals surface area contributed by atoms with Gasteiger partial charge in [0.2, 0.25) is 16.0 Å². The maximum Gasteiger partial charge on any atom is 0.225 e. The van der Waals surface area contributed by atoms with Gasteiger partial charge < -0.3 is 10.6 Å². The highest BCUT2D eigenvalue weighted by Gasteiger charge is 2.24. The highest BCUT2D eigenvalue weighted by molar-refractivity contribution is 7.88. The lowest BCUT2D eigenvalue weighted by molar-refractivity contribution is 0.385. The molecule has 2 rings (SSSR count). The molecule has 1 aliphatic heterocycles. The van der Waals surface area contributed by atoms with Crippen molar-refractivity contribution >= 4 is 16.0 Å². The number of aromatic nitrogens is 2. The predicted molar refractivity (Wildman–Crippen MR) is 68.6 cm³/mol. The Hall–Kier alpha value is -1.25. The van der Waals surface area contributed by atoms with Crippen LogP contribution in [0, 0.1) is 0 Å². The SMILES string of the molecule is CS(=O)(=O)N1CCN(c2ncc(CN)cn2)CC1. The molecular formula is C10H17N5O2S. The Kier molecular flexibility index (Phi) is 3.79. The first-order chi connectivity index (χ1) is 8.50. The van der Waals surface area contributed by atoms with Crippen molar-refractivity contribution in [3.05, 3.63) is 18.0 Å². The van der Waals surface area contributed by atoms with E-state index in [2.05, 4.69) is 9.97 Å². The van der Waals surface area contributed by atoms with Crippen LogP contribution in [0.25, 0.3) is 0 Å². The maximum atomic E-state index is 11.4. The molecule has 0 amide bonds. The van der Waals surface area contributed by atoms with Gasteiger partial charge in [0.1, 0.15) is 0 Å². The molecule has 0 atom stereocenters. The Morgan fingerprint density at radius 2 is 1.78 bits per heavy atom. The molecule has 0 saturated carbocycles. The molecule has 7 nitrogen and oxygen atoms in total. The number of hydrogen-bond donors (Lipinski definition) is 1. The highest BCUT2D eigenvalue weighted by atomic mass is 32.2. The van der Waals surface area contributed by atoms with E-state index >= 15 is 0 Å². The number of hydrogen-bond acceptors (Lipinski definition) is 6. The summed E-state index contributed by atoms with van der Waals surface area (Å²) in [5.41, 5.74) is 6.36. The third-order valence-electron chi connectivity index (χ3n) is 2.92. The summed E-state index contributed by atoms with van der Waals surface area (Å²) >= 11 is 0. The van der Waals surface area contributed by atoms with Crippen LogP contribution < -0.4 is 10.6 Å². The van der Waals surface area contributed by atoms with Crippen molar-refractivity contribution in [3.8, 4) is 0 Å². The Labute approximate surface area is 107 Å². The second-order valence-electron chi connectivity index (χ2n) is 4.24. The van der Waals surface area contributed by atoms with Crippen LogP contribution in [0.4, 0.5) is 5.95 Å². The number of nitrogens with two attached hydrogens (primary N) is 1. The van der Waals surface area contributed by atoms with E-state index in [9.17, 15) is 8.42 Å². The summed E-state index contributed by atoms with van der Waals surface area (Å²) in [5, 5.41) is 0. The van der Waals surface area contributed by atoms with Crippen LogP contribution in [0.2, 0.25) is 0 Å². The van der Waals surface area contributed by atoms with Crippen molar-refractivity contribution in [2.75, 3.05) is 37.3 Å². The van der Waals surface area contributed by atoms with Gasteiger partial charge in [-0.3, -0.25) is 0 Å². The minimum absolute atomic E-state index is 0.419. The van der Waals surface area contributed by atoms with Gasteiger partial charge in [0, 0.05) is 50.7 Å². The molecule has 0 unspecified atom stereocenters. The van der Waals surface area contributed by atoms with E-state index in [1.807, 2.05) is 4.90 Å². The average molecular weight is 271 g/mol. The summed E-state index contributed by atoms with van der Waals surface area (Å²) in [5.74, 6) is 0.625. The lowest BCUT2D eigenvalue weighted by Crippen LogP contribution is -2.48. The van der Waals surface area contributed by atoms with E-state index in [-0.39, 0.29) is 0 Å². The van der Waals surface area contributed by atoms with Gasteiger partial charge >= 0.3 is 0 Å². The van der Waals surface area contributed by atoms with Crippen LogP contribution in [0.15, 0.2) is 12.4 Å². The van der Waals surface area contributed by atoms with E-state index in [1.165, 1.54) is 10.6 Å². The second-order valence-corrected chi connectivity index (χ2v) is 6.23. The monoisotopic (exact) mass is 271 g/mol. The van der Waals surface area contributed by atoms with E-state index in [1.54, 1.807) is 12.4 Å². The zero-order chi connectivity index (χ0) is 13.2. The smallest absolute Gasteiger partial charge is 0.225 e. The minimum Gasteiger partial charge on any atom is -0.338 e. The molecule has 1 aromatic rings. The fourth-order valence-electron chi connectivity index (χ4n) is 1.84. The van der Waals surface area contributed by atoms with Gasteiger partial charge in [0.15, 0.2) is 0 Å². The largest absolute Gasteiger partial charge is 0.338 e. The molecule has 0 radical (unpaired) electrons. The van der Waals surface area contributed by atoms with E-state index in [0.29, 0.717) is 38.7 Å². The van der Waals surface area contributed by atoms with Gasteiger partial charge in [-0.15, -0.1) is 0 Å². The first kappa shape index (κ1) is 13.2. The first-order valence-corrected chi connectivity index (χ1v) is 7.56. The average Bonchev–Trinajstić information content (AvgIpc) is 2.38. The highest BCUT2D eigenvalue weighted by Crippen LogP contribution is 2.12. The molecule has 1 aliphatic rings. The molecule has 8 heteroatoms. The standard InChI is InChI=1S/C10H17N5O2S/c1-18(16,17)15-4-2-14(3-5-15)10-12-7-9(6-11)8-13-10/h7-8H,2-6,11H2,1H3. The lowest BCUT2D eigenvalue weighted by Gasteiger charge is -2.33. The van der Waals surface area contributed by atoms with Crippen molar-refractivity contribution < 1.29 is 8.42 Å². The Morgan fingerprint density at radius 1 is 1.22 bits per heavy atom. The number of rotatable bonds is 3. The van der Waals surface area contributed by atoms with Gasteiger partial charge in [-0.25, -0.2) is 18.4 Å². The third kappa shape index (κ3) is 2.95.